The Labute approximate surface area is 96.0 Å². The Morgan fingerprint density at radius 2 is 2.06 bits per heavy atom. The maximum absolute atomic E-state index is 5.65. The first-order valence-electron chi connectivity index (χ1n) is 6.61. The molecular formula is C13H19N3. The van der Waals surface area contributed by atoms with Crippen LogP contribution in [0.5, 0.6) is 0 Å². The molecule has 0 amide bonds. The number of nitrogens with two attached hydrogens (primary N) is 1. The summed E-state index contributed by atoms with van der Waals surface area (Å²) in [7, 11) is 0. The molecule has 3 aliphatic carbocycles. The molecule has 3 saturated carbocycles. The maximum Gasteiger partial charge on any atom is 0.0950 e. The van der Waals surface area contributed by atoms with Crippen LogP contribution in [0.25, 0.3) is 0 Å². The van der Waals surface area contributed by atoms with E-state index in [9.17, 15) is 0 Å². The van der Waals surface area contributed by atoms with Gasteiger partial charge in [-0.2, -0.15) is 0 Å². The van der Waals surface area contributed by atoms with Crippen LogP contribution < -0.4 is 5.73 Å². The van der Waals surface area contributed by atoms with E-state index in [1.807, 2.05) is 12.5 Å². The highest BCUT2D eigenvalue weighted by Crippen LogP contribution is 2.71. The molecule has 1 aromatic heterocycles. The number of fused-ring (bicyclic) bond motifs is 5. The number of rotatable bonds is 3. The minimum absolute atomic E-state index is 0.737. The van der Waals surface area contributed by atoms with Gasteiger partial charge in [0.05, 0.1) is 6.33 Å². The first kappa shape index (κ1) is 9.23. The average Bonchev–Trinajstić information content (AvgIpc) is 2.73. The third-order valence-corrected chi connectivity index (χ3v) is 5.16. The van der Waals surface area contributed by atoms with Crippen molar-refractivity contribution in [3.05, 3.63) is 18.2 Å². The van der Waals surface area contributed by atoms with Gasteiger partial charge >= 0.3 is 0 Å². The molecule has 0 radical (unpaired) electrons. The standard InChI is InChI=1S/C13H19N3/c14-4-3-10-6-15-7-16(10)13-11-8-1-2-9(5-8)12(11)13/h6-9,11-13H,1-5,14H2. The Bertz CT molecular complexity index is 395. The monoisotopic (exact) mass is 217 g/mol. The van der Waals surface area contributed by atoms with Gasteiger partial charge in [-0.25, -0.2) is 4.98 Å². The van der Waals surface area contributed by atoms with Gasteiger partial charge in [-0.1, -0.05) is 0 Å². The van der Waals surface area contributed by atoms with Crippen LogP contribution in [0, 0.1) is 23.7 Å². The van der Waals surface area contributed by atoms with Crippen molar-refractivity contribution in [2.75, 3.05) is 6.54 Å². The molecule has 3 fully saturated rings. The molecule has 1 heterocycles. The van der Waals surface area contributed by atoms with Crippen molar-refractivity contribution < 1.29 is 0 Å². The van der Waals surface area contributed by atoms with E-state index in [-0.39, 0.29) is 0 Å². The van der Waals surface area contributed by atoms with Crippen LogP contribution in [0.3, 0.4) is 0 Å². The highest BCUT2D eigenvalue weighted by Gasteiger charge is 2.65. The van der Waals surface area contributed by atoms with Crippen molar-refractivity contribution in [2.45, 2.75) is 31.7 Å². The van der Waals surface area contributed by atoms with E-state index in [4.69, 9.17) is 5.73 Å². The molecule has 16 heavy (non-hydrogen) atoms. The summed E-state index contributed by atoms with van der Waals surface area (Å²) in [5, 5.41) is 0. The van der Waals surface area contributed by atoms with Crippen LogP contribution in [0.15, 0.2) is 12.5 Å². The lowest BCUT2D eigenvalue weighted by Gasteiger charge is -2.12. The summed E-state index contributed by atoms with van der Waals surface area (Å²) in [5.74, 6) is 4.05. The second-order valence-corrected chi connectivity index (χ2v) is 5.81. The Morgan fingerprint density at radius 3 is 2.75 bits per heavy atom. The fraction of sp³-hybridized carbons (Fsp3) is 0.769. The Balaban J connectivity index is 1.61. The Morgan fingerprint density at radius 1 is 1.31 bits per heavy atom. The molecule has 3 heteroatoms. The van der Waals surface area contributed by atoms with Gasteiger partial charge in [-0.15, -0.1) is 0 Å². The van der Waals surface area contributed by atoms with Gasteiger partial charge in [0, 0.05) is 24.4 Å². The lowest BCUT2D eigenvalue weighted by molar-refractivity contribution is 0.447. The topological polar surface area (TPSA) is 43.8 Å². The summed E-state index contributed by atoms with van der Waals surface area (Å²) in [6, 6.07) is 0.787. The van der Waals surface area contributed by atoms with Crippen molar-refractivity contribution in [2.24, 2.45) is 29.4 Å². The van der Waals surface area contributed by atoms with Crippen LogP contribution in [0.2, 0.25) is 0 Å². The molecule has 0 aliphatic heterocycles. The predicted octanol–water partition coefficient (Wildman–Crippen LogP) is 1.60. The van der Waals surface area contributed by atoms with E-state index in [1.54, 1.807) is 0 Å². The third kappa shape index (κ3) is 1.05. The summed E-state index contributed by atoms with van der Waals surface area (Å²) >= 11 is 0. The van der Waals surface area contributed by atoms with Gasteiger partial charge in [-0.3, -0.25) is 0 Å². The van der Waals surface area contributed by atoms with Crippen LogP contribution in [-0.4, -0.2) is 16.1 Å². The molecule has 1 aromatic rings. The SMILES string of the molecule is NCCc1cncn1C1C2C3CCC(C3)C21. The van der Waals surface area contributed by atoms with Gasteiger partial charge in [0.2, 0.25) is 0 Å². The second kappa shape index (κ2) is 3.10. The van der Waals surface area contributed by atoms with Gasteiger partial charge in [0.25, 0.3) is 0 Å². The molecule has 2 N–H and O–H groups in total. The zero-order chi connectivity index (χ0) is 10.7. The van der Waals surface area contributed by atoms with Crippen LogP contribution >= 0.6 is 0 Å². The highest BCUT2D eigenvalue weighted by molar-refractivity contribution is 5.18. The van der Waals surface area contributed by atoms with Gasteiger partial charge in [0.1, 0.15) is 0 Å². The molecular weight excluding hydrogens is 198 g/mol. The quantitative estimate of drug-likeness (QED) is 0.835. The molecule has 3 nitrogen and oxygen atoms in total. The fourth-order valence-corrected chi connectivity index (χ4v) is 4.59. The largest absolute Gasteiger partial charge is 0.331 e. The molecule has 0 spiro atoms. The zero-order valence-corrected chi connectivity index (χ0v) is 9.55. The fourth-order valence-electron chi connectivity index (χ4n) is 4.59. The number of aromatic nitrogens is 2. The van der Waals surface area contributed by atoms with E-state index >= 15 is 0 Å². The molecule has 4 atom stereocenters. The number of imidazole rings is 1. The highest BCUT2D eigenvalue weighted by atomic mass is 15.1. The molecule has 3 aliphatic rings. The predicted molar refractivity (Wildman–Crippen MR) is 61.8 cm³/mol. The normalized spacial score (nSPS) is 43.7. The number of hydrogen-bond acceptors (Lipinski definition) is 2. The molecule has 0 aromatic carbocycles. The molecule has 4 unspecified atom stereocenters. The summed E-state index contributed by atoms with van der Waals surface area (Å²) in [4.78, 5) is 4.31. The number of hydrogen-bond donors (Lipinski definition) is 1. The minimum atomic E-state index is 0.737. The zero-order valence-electron chi connectivity index (χ0n) is 9.55. The van der Waals surface area contributed by atoms with Crippen molar-refractivity contribution in [3.63, 3.8) is 0 Å². The van der Waals surface area contributed by atoms with Gasteiger partial charge in [-0.05, 0) is 49.5 Å². The summed E-state index contributed by atoms with van der Waals surface area (Å²) in [6.07, 6.45) is 9.51. The van der Waals surface area contributed by atoms with E-state index in [2.05, 4.69) is 9.55 Å². The van der Waals surface area contributed by atoms with E-state index < -0.39 is 0 Å². The summed E-state index contributed by atoms with van der Waals surface area (Å²) in [5.41, 5.74) is 7.00. The maximum atomic E-state index is 5.65. The lowest BCUT2D eigenvalue weighted by Crippen LogP contribution is -2.11. The summed E-state index contributed by atoms with van der Waals surface area (Å²) < 4.78 is 2.44. The number of nitrogens with zero attached hydrogens (tertiary/aromatic N) is 2. The minimum Gasteiger partial charge on any atom is -0.331 e. The molecule has 2 bridgehead atoms. The molecule has 0 saturated heterocycles. The van der Waals surface area contributed by atoms with Crippen molar-refractivity contribution in [3.8, 4) is 0 Å². The van der Waals surface area contributed by atoms with Crippen LogP contribution in [-0.2, 0) is 6.42 Å². The molecule has 86 valence electrons. The van der Waals surface area contributed by atoms with Crippen molar-refractivity contribution in [1.82, 2.24) is 9.55 Å². The van der Waals surface area contributed by atoms with Crippen molar-refractivity contribution in [1.29, 1.82) is 0 Å². The van der Waals surface area contributed by atoms with E-state index in [0.29, 0.717) is 0 Å². The van der Waals surface area contributed by atoms with Crippen LogP contribution in [0.4, 0.5) is 0 Å². The first-order valence-corrected chi connectivity index (χ1v) is 6.61. The van der Waals surface area contributed by atoms with Crippen LogP contribution in [0.1, 0.15) is 31.0 Å². The van der Waals surface area contributed by atoms with E-state index in [0.717, 1.165) is 42.7 Å². The van der Waals surface area contributed by atoms with Gasteiger partial charge < -0.3 is 10.3 Å². The smallest absolute Gasteiger partial charge is 0.0950 e. The lowest BCUT2D eigenvalue weighted by atomic mass is 10.0. The third-order valence-electron chi connectivity index (χ3n) is 5.16. The Hall–Kier alpha value is -0.830. The molecule has 4 rings (SSSR count). The first-order chi connectivity index (χ1) is 7.90. The van der Waals surface area contributed by atoms with E-state index in [1.165, 1.54) is 25.0 Å². The summed E-state index contributed by atoms with van der Waals surface area (Å²) in [6.45, 7) is 0.737. The average molecular weight is 217 g/mol. The van der Waals surface area contributed by atoms with Gasteiger partial charge in [0.15, 0.2) is 0 Å². The second-order valence-electron chi connectivity index (χ2n) is 5.81. The Kier molecular flexibility index (Phi) is 1.79. The van der Waals surface area contributed by atoms with Crippen molar-refractivity contribution >= 4 is 0 Å².